The summed E-state index contributed by atoms with van der Waals surface area (Å²) in [5.74, 6) is 3.28. The van der Waals surface area contributed by atoms with Gasteiger partial charge in [-0.3, -0.25) is 0 Å². The third-order valence-electron chi connectivity index (χ3n) is 0.560. The van der Waals surface area contributed by atoms with Crippen LogP contribution in [-0.4, -0.2) is 18.1 Å². The highest BCUT2D eigenvalue weighted by atomic mass is 32.2. The predicted molar refractivity (Wildman–Crippen MR) is 35.2 cm³/mol. The Morgan fingerprint density at radius 2 is 2.57 bits per heavy atom. The van der Waals surface area contributed by atoms with Crippen LogP contribution in [0.2, 0.25) is 0 Å². The van der Waals surface area contributed by atoms with E-state index in [2.05, 4.69) is 5.92 Å². The van der Waals surface area contributed by atoms with Crippen LogP contribution in [-0.2, 0) is 0 Å². The molecule has 0 heterocycles. The van der Waals surface area contributed by atoms with Gasteiger partial charge in [0.1, 0.15) is 0 Å². The maximum atomic E-state index is 5.33. The zero-order valence-corrected chi connectivity index (χ0v) is 5.16. The van der Waals surface area contributed by atoms with Gasteiger partial charge in [-0.2, -0.15) is 11.8 Å². The standard InChI is InChI=1S/C5H9NS/c1-3-5(6)4-7-2/h1,5H,4,6H2,2H3. The minimum absolute atomic E-state index is 0.0602. The lowest BCUT2D eigenvalue weighted by Gasteiger charge is -1.96. The Morgan fingerprint density at radius 3 is 2.71 bits per heavy atom. The quantitative estimate of drug-likeness (QED) is 0.524. The SMILES string of the molecule is C#CC(N)CSC. The van der Waals surface area contributed by atoms with Gasteiger partial charge >= 0.3 is 0 Å². The van der Waals surface area contributed by atoms with E-state index in [1.807, 2.05) is 6.26 Å². The van der Waals surface area contributed by atoms with E-state index in [9.17, 15) is 0 Å². The zero-order valence-electron chi connectivity index (χ0n) is 4.35. The van der Waals surface area contributed by atoms with Crippen molar-refractivity contribution in [3.63, 3.8) is 0 Å². The number of terminal acetylenes is 1. The molecule has 0 radical (unpaired) electrons. The molecule has 0 aliphatic carbocycles. The molecule has 40 valence electrons. The van der Waals surface area contributed by atoms with Crippen molar-refractivity contribution >= 4 is 11.8 Å². The Hall–Kier alpha value is -0.130. The first-order valence-corrected chi connectivity index (χ1v) is 3.41. The molecule has 0 amide bonds. The minimum Gasteiger partial charge on any atom is -0.317 e. The lowest BCUT2D eigenvalue weighted by molar-refractivity contribution is 0.977. The van der Waals surface area contributed by atoms with Gasteiger partial charge in [-0.05, 0) is 6.26 Å². The summed E-state index contributed by atoms with van der Waals surface area (Å²) in [4.78, 5) is 0. The number of hydrogen-bond donors (Lipinski definition) is 1. The molecule has 0 aliphatic heterocycles. The average Bonchev–Trinajstić information content (AvgIpc) is 1.68. The second kappa shape index (κ2) is 4.04. The van der Waals surface area contributed by atoms with Gasteiger partial charge in [0.25, 0.3) is 0 Å². The van der Waals surface area contributed by atoms with E-state index in [1.165, 1.54) is 0 Å². The molecule has 0 saturated carbocycles. The average molecular weight is 115 g/mol. The highest BCUT2D eigenvalue weighted by Gasteiger charge is 1.90. The summed E-state index contributed by atoms with van der Waals surface area (Å²) in [5, 5.41) is 0. The van der Waals surface area contributed by atoms with Gasteiger partial charge in [0, 0.05) is 5.75 Å². The molecule has 0 bridgehead atoms. The lowest BCUT2D eigenvalue weighted by atomic mass is 10.4. The zero-order chi connectivity index (χ0) is 5.70. The van der Waals surface area contributed by atoms with Crippen LogP contribution in [0.5, 0.6) is 0 Å². The molecule has 7 heavy (non-hydrogen) atoms. The van der Waals surface area contributed by atoms with E-state index >= 15 is 0 Å². The van der Waals surface area contributed by atoms with Crippen molar-refractivity contribution in [3.8, 4) is 12.3 Å². The molecule has 1 unspecified atom stereocenters. The Balaban J connectivity index is 3.04. The summed E-state index contributed by atoms with van der Waals surface area (Å²) in [6, 6.07) is -0.0602. The third kappa shape index (κ3) is 3.71. The monoisotopic (exact) mass is 115 g/mol. The van der Waals surface area contributed by atoms with Gasteiger partial charge < -0.3 is 5.73 Å². The van der Waals surface area contributed by atoms with Gasteiger partial charge in [-0.15, -0.1) is 6.42 Å². The van der Waals surface area contributed by atoms with Crippen LogP contribution in [0.1, 0.15) is 0 Å². The summed E-state index contributed by atoms with van der Waals surface area (Å²) in [7, 11) is 0. The first-order valence-electron chi connectivity index (χ1n) is 2.02. The highest BCUT2D eigenvalue weighted by Crippen LogP contribution is 1.91. The van der Waals surface area contributed by atoms with Gasteiger partial charge in [0.05, 0.1) is 6.04 Å². The lowest BCUT2D eigenvalue weighted by Crippen LogP contribution is -2.19. The van der Waals surface area contributed by atoms with Crippen molar-refractivity contribution in [2.24, 2.45) is 5.73 Å². The summed E-state index contributed by atoms with van der Waals surface area (Å²) in [6.45, 7) is 0. The number of rotatable bonds is 2. The molecule has 0 spiro atoms. The maximum Gasteiger partial charge on any atom is 0.0753 e. The smallest absolute Gasteiger partial charge is 0.0753 e. The Morgan fingerprint density at radius 1 is 2.00 bits per heavy atom. The van der Waals surface area contributed by atoms with E-state index in [0.717, 1.165) is 5.75 Å². The Labute approximate surface area is 48.7 Å². The van der Waals surface area contributed by atoms with E-state index in [-0.39, 0.29) is 6.04 Å². The Kier molecular flexibility index (Phi) is 3.97. The van der Waals surface area contributed by atoms with Gasteiger partial charge in [-0.1, -0.05) is 5.92 Å². The normalized spacial score (nSPS) is 12.7. The van der Waals surface area contributed by atoms with E-state index in [1.54, 1.807) is 11.8 Å². The first-order chi connectivity index (χ1) is 3.31. The molecule has 1 atom stereocenters. The van der Waals surface area contributed by atoms with Gasteiger partial charge in [-0.25, -0.2) is 0 Å². The van der Waals surface area contributed by atoms with Crippen LogP contribution in [0.25, 0.3) is 0 Å². The highest BCUT2D eigenvalue weighted by molar-refractivity contribution is 7.98. The topological polar surface area (TPSA) is 26.0 Å². The van der Waals surface area contributed by atoms with Crippen LogP contribution in [0.15, 0.2) is 0 Å². The second-order valence-corrected chi connectivity index (χ2v) is 2.14. The fraction of sp³-hybridized carbons (Fsp3) is 0.600. The maximum absolute atomic E-state index is 5.33. The van der Waals surface area contributed by atoms with Crippen LogP contribution in [0.3, 0.4) is 0 Å². The molecule has 2 N–H and O–H groups in total. The number of thioether (sulfide) groups is 1. The van der Waals surface area contributed by atoms with E-state index < -0.39 is 0 Å². The van der Waals surface area contributed by atoms with Crippen molar-refractivity contribution in [2.75, 3.05) is 12.0 Å². The molecular weight excluding hydrogens is 106 g/mol. The van der Waals surface area contributed by atoms with Gasteiger partial charge in [0.2, 0.25) is 0 Å². The largest absolute Gasteiger partial charge is 0.317 e. The van der Waals surface area contributed by atoms with E-state index in [0.29, 0.717) is 0 Å². The van der Waals surface area contributed by atoms with Crippen molar-refractivity contribution < 1.29 is 0 Å². The number of nitrogens with two attached hydrogens (primary N) is 1. The third-order valence-corrected chi connectivity index (χ3v) is 1.25. The molecule has 0 rings (SSSR count). The van der Waals surface area contributed by atoms with Crippen LogP contribution in [0.4, 0.5) is 0 Å². The molecule has 0 aliphatic rings. The summed E-state index contributed by atoms with van der Waals surface area (Å²) in [6.07, 6.45) is 6.95. The summed E-state index contributed by atoms with van der Waals surface area (Å²) >= 11 is 1.67. The van der Waals surface area contributed by atoms with Crippen LogP contribution in [0, 0.1) is 12.3 Å². The molecule has 0 aromatic heterocycles. The summed E-state index contributed by atoms with van der Waals surface area (Å²) < 4.78 is 0. The van der Waals surface area contributed by atoms with Crippen molar-refractivity contribution in [1.29, 1.82) is 0 Å². The second-order valence-electron chi connectivity index (χ2n) is 1.23. The summed E-state index contributed by atoms with van der Waals surface area (Å²) in [5.41, 5.74) is 5.33. The van der Waals surface area contributed by atoms with Gasteiger partial charge in [0.15, 0.2) is 0 Å². The molecular formula is C5H9NS. The fourth-order valence-electron chi connectivity index (χ4n) is 0.228. The predicted octanol–water partition coefficient (Wildman–Crippen LogP) is 0.310. The van der Waals surface area contributed by atoms with Crippen LogP contribution >= 0.6 is 11.8 Å². The van der Waals surface area contributed by atoms with Crippen molar-refractivity contribution in [1.82, 2.24) is 0 Å². The van der Waals surface area contributed by atoms with E-state index in [4.69, 9.17) is 12.2 Å². The molecule has 0 aromatic rings. The van der Waals surface area contributed by atoms with Crippen LogP contribution < -0.4 is 5.73 Å². The first kappa shape index (κ1) is 6.87. The fourth-order valence-corrected chi connectivity index (χ4v) is 0.683. The molecule has 2 heteroatoms. The van der Waals surface area contributed by atoms with Crippen molar-refractivity contribution in [3.05, 3.63) is 0 Å². The Bertz CT molecular complexity index is 74.6. The van der Waals surface area contributed by atoms with Crippen molar-refractivity contribution in [2.45, 2.75) is 6.04 Å². The molecule has 0 aromatic carbocycles. The minimum atomic E-state index is -0.0602. The number of hydrogen-bond acceptors (Lipinski definition) is 2. The molecule has 1 nitrogen and oxygen atoms in total. The molecule has 0 fully saturated rings. The molecule has 0 saturated heterocycles.